The van der Waals surface area contributed by atoms with Crippen molar-refractivity contribution in [2.75, 3.05) is 32.1 Å². The molecular weight excluding hydrogens is 246 g/mol. The van der Waals surface area contributed by atoms with Crippen LogP contribution in [0.3, 0.4) is 0 Å². The second-order valence-electron chi connectivity index (χ2n) is 6.51. The van der Waals surface area contributed by atoms with Crippen LogP contribution in [-0.2, 0) is 6.42 Å². The molecule has 3 heteroatoms. The monoisotopic (exact) mass is 275 g/mol. The number of hydrogen-bond acceptors (Lipinski definition) is 3. The number of piperidine rings is 1. The molecule has 1 heterocycles. The quantitative estimate of drug-likeness (QED) is 0.916. The van der Waals surface area contributed by atoms with Crippen molar-refractivity contribution in [1.82, 2.24) is 4.90 Å². The molecule has 0 aliphatic carbocycles. The molecule has 2 atom stereocenters. The Kier molecular flexibility index (Phi) is 5.06. The molecule has 1 aliphatic rings. The van der Waals surface area contributed by atoms with E-state index < -0.39 is 0 Å². The van der Waals surface area contributed by atoms with Crippen LogP contribution >= 0.6 is 0 Å². The highest BCUT2D eigenvalue weighted by molar-refractivity contribution is 5.55. The van der Waals surface area contributed by atoms with Crippen LogP contribution < -0.4 is 10.6 Å². The molecule has 2 unspecified atom stereocenters. The Morgan fingerprint density at radius 3 is 2.75 bits per heavy atom. The Morgan fingerprint density at radius 2 is 2.15 bits per heavy atom. The van der Waals surface area contributed by atoms with Crippen molar-refractivity contribution in [3.63, 3.8) is 0 Å². The van der Waals surface area contributed by atoms with Crippen LogP contribution in [0.2, 0.25) is 0 Å². The molecule has 1 saturated heterocycles. The zero-order valence-electron chi connectivity index (χ0n) is 13.4. The SMILES string of the molecule is Cc1cc(CC(C)N)ccc1N1CCCC(N(C)C)C1. The number of nitrogens with zero attached hydrogens (tertiary/aromatic N) is 2. The van der Waals surface area contributed by atoms with Gasteiger partial charge >= 0.3 is 0 Å². The number of likely N-dealkylation sites (N-methyl/N-ethyl adjacent to an activating group) is 1. The first-order chi connectivity index (χ1) is 9.47. The van der Waals surface area contributed by atoms with Crippen molar-refractivity contribution in [1.29, 1.82) is 0 Å². The van der Waals surface area contributed by atoms with E-state index in [2.05, 4.69) is 55.9 Å². The van der Waals surface area contributed by atoms with E-state index in [4.69, 9.17) is 5.73 Å². The molecule has 0 bridgehead atoms. The third-order valence-corrected chi connectivity index (χ3v) is 4.29. The Hall–Kier alpha value is -1.06. The number of anilines is 1. The standard InChI is InChI=1S/C17H29N3/c1-13-10-15(11-14(2)18)7-8-17(13)20-9-5-6-16(12-20)19(3)4/h7-8,10,14,16H,5-6,9,11-12,18H2,1-4H3. The first-order valence-corrected chi connectivity index (χ1v) is 7.74. The lowest BCUT2D eigenvalue weighted by molar-refractivity contribution is 0.258. The van der Waals surface area contributed by atoms with Crippen LogP contribution in [0.4, 0.5) is 5.69 Å². The van der Waals surface area contributed by atoms with E-state index in [-0.39, 0.29) is 6.04 Å². The second kappa shape index (κ2) is 6.59. The molecule has 0 spiro atoms. The molecule has 1 aliphatic heterocycles. The normalized spacial score (nSPS) is 21.3. The smallest absolute Gasteiger partial charge is 0.0396 e. The lowest BCUT2D eigenvalue weighted by Gasteiger charge is -2.38. The van der Waals surface area contributed by atoms with Gasteiger partial charge in [0.05, 0.1) is 0 Å². The van der Waals surface area contributed by atoms with E-state index in [9.17, 15) is 0 Å². The zero-order valence-corrected chi connectivity index (χ0v) is 13.4. The minimum Gasteiger partial charge on any atom is -0.370 e. The van der Waals surface area contributed by atoms with Gasteiger partial charge in [0.15, 0.2) is 0 Å². The van der Waals surface area contributed by atoms with Crippen LogP contribution in [0.25, 0.3) is 0 Å². The predicted octanol–water partition coefficient (Wildman–Crippen LogP) is 2.42. The average molecular weight is 275 g/mol. The van der Waals surface area contributed by atoms with E-state index in [0.29, 0.717) is 6.04 Å². The van der Waals surface area contributed by atoms with Crippen LogP contribution in [0.5, 0.6) is 0 Å². The van der Waals surface area contributed by atoms with E-state index >= 15 is 0 Å². The van der Waals surface area contributed by atoms with Crippen LogP contribution in [0.1, 0.15) is 30.9 Å². The van der Waals surface area contributed by atoms with E-state index in [1.807, 2.05) is 0 Å². The summed E-state index contributed by atoms with van der Waals surface area (Å²) in [4.78, 5) is 4.89. The topological polar surface area (TPSA) is 32.5 Å². The van der Waals surface area contributed by atoms with Gasteiger partial charge in [-0.05, 0) is 64.4 Å². The van der Waals surface area contributed by atoms with E-state index in [1.54, 1.807) is 0 Å². The predicted molar refractivity (Wildman–Crippen MR) is 87.5 cm³/mol. The number of rotatable bonds is 4. The summed E-state index contributed by atoms with van der Waals surface area (Å²) in [5.74, 6) is 0. The molecule has 0 saturated carbocycles. The largest absolute Gasteiger partial charge is 0.370 e. The van der Waals surface area contributed by atoms with Gasteiger partial charge in [0.25, 0.3) is 0 Å². The highest BCUT2D eigenvalue weighted by Gasteiger charge is 2.22. The fraction of sp³-hybridized carbons (Fsp3) is 0.647. The first-order valence-electron chi connectivity index (χ1n) is 7.74. The van der Waals surface area contributed by atoms with Gasteiger partial charge in [-0.25, -0.2) is 0 Å². The summed E-state index contributed by atoms with van der Waals surface area (Å²) in [6.07, 6.45) is 3.55. The summed E-state index contributed by atoms with van der Waals surface area (Å²) in [6, 6.07) is 7.73. The Bertz CT molecular complexity index is 440. The molecule has 0 aromatic heterocycles. The molecule has 1 aromatic carbocycles. The molecule has 0 amide bonds. The average Bonchev–Trinajstić information content (AvgIpc) is 2.38. The minimum absolute atomic E-state index is 0.230. The summed E-state index contributed by atoms with van der Waals surface area (Å²) in [7, 11) is 4.37. The molecule has 20 heavy (non-hydrogen) atoms. The van der Waals surface area contributed by atoms with Gasteiger partial charge in [-0.2, -0.15) is 0 Å². The number of nitrogens with two attached hydrogens (primary N) is 1. The summed E-state index contributed by atoms with van der Waals surface area (Å²) >= 11 is 0. The van der Waals surface area contributed by atoms with Crippen molar-refractivity contribution < 1.29 is 0 Å². The molecular formula is C17H29N3. The van der Waals surface area contributed by atoms with E-state index in [1.165, 1.54) is 36.2 Å². The lowest BCUT2D eigenvalue weighted by Crippen LogP contribution is -2.45. The minimum atomic E-state index is 0.230. The summed E-state index contributed by atoms with van der Waals surface area (Å²) in [5.41, 5.74) is 10.0. The van der Waals surface area contributed by atoms with Gasteiger partial charge in [0.1, 0.15) is 0 Å². The first kappa shape index (κ1) is 15.3. The van der Waals surface area contributed by atoms with Gasteiger partial charge in [0.2, 0.25) is 0 Å². The van der Waals surface area contributed by atoms with Crippen LogP contribution in [0.15, 0.2) is 18.2 Å². The van der Waals surface area contributed by atoms with Crippen molar-refractivity contribution >= 4 is 5.69 Å². The van der Waals surface area contributed by atoms with Crippen molar-refractivity contribution in [2.24, 2.45) is 5.73 Å². The Balaban J connectivity index is 2.12. The van der Waals surface area contributed by atoms with Gasteiger partial charge in [0, 0.05) is 30.9 Å². The van der Waals surface area contributed by atoms with E-state index in [0.717, 1.165) is 13.0 Å². The van der Waals surface area contributed by atoms with Crippen molar-refractivity contribution in [3.8, 4) is 0 Å². The van der Waals surface area contributed by atoms with Crippen LogP contribution in [-0.4, -0.2) is 44.2 Å². The van der Waals surface area contributed by atoms with Gasteiger partial charge in [-0.15, -0.1) is 0 Å². The highest BCUT2D eigenvalue weighted by Crippen LogP contribution is 2.26. The number of aryl methyl sites for hydroxylation is 1. The maximum atomic E-state index is 5.89. The third kappa shape index (κ3) is 3.74. The molecule has 0 radical (unpaired) electrons. The molecule has 1 fully saturated rings. The summed E-state index contributed by atoms with van der Waals surface area (Å²) in [5, 5.41) is 0. The lowest BCUT2D eigenvalue weighted by atomic mass is 10.00. The second-order valence-corrected chi connectivity index (χ2v) is 6.51. The third-order valence-electron chi connectivity index (χ3n) is 4.29. The number of hydrogen-bond donors (Lipinski definition) is 1. The zero-order chi connectivity index (χ0) is 14.7. The summed E-state index contributed by atoms with van der Waals surface area (Å²) < 4.78 is 0. The van der Waals surface area contributed by atoms with Gasteiger partial charge in [-0.1, -0.05) is 12.1 Å². The van der Waals surface area contributed by atoms with Crippen LogP contribution in [0, 0.1) is 6.92 Å². The fourth-order valence-electron chi connectivity index (χ4n) is 3.17. The molecule has 112 valence electrons. The Morgan fingerprint density at radius 1 is 1.40 bits per heavy atom. The Labute approximate surface area is 123 Å². The summed E-state index contributed by atoms with van der Waals surface area (Å²) in [6.45, 7) is 6.60. The molecule has 2 rings (SSSR count). The van der Waals surface area contributed by atoms with Crippen molar-refractivity contribution in [2.45, 2.75) is 45.2 Å². The van der Waals surface area contributed by atoms with Gasteiger partial charge in [-0.3, -0.25) is 0 Å². The maximum Gasteiger partial charge on any atom is 0.0396 e. The molecule has 1 aromatic rings. The highest BCUT2D eigenvalue weighted by atomic mass is 15.2. The van der Waals surface area contributed by atoms with Crippen molar-refractivity contribution in [3.05, 3.63) is 29.3 Å². The molecule has 2 N–H and O–H groups in total. The van der Waals surface area contributed by atoms with Gasteiger partial charge < -0.3 is 15.5 Å². The maximum absolute atomic E-state index is 5.89. The fourth-order valence-corrected chi connectivity index (χ4v) is 3.17. The molecule has 3 nitrogen and oxygen atoms in total. The number of benzene rings is 1.